The van der Waals surface area contributed by atoms with Crippen molar-refractivity contribution < 1.29 is 0 Å². The van der Waals surface area contributed by atoms with Crippen LogP contribution in [0.3, 0.4) is 0 Å². The minimum atomic E-state index is 0.822. The van der Waals surface area contributed by atoms with Crippen molar-refractivity contribution in [1.29, 1.82) is 0 Å². The van der Waals surface area contributed by atoms with Gasteiger partial charge in [0.25, 0.3) is 0 Å². The molecular weight excluding hydrogens is 639 g/mol. The highest BCUT2D eigenvalue weighted by Gasteiger charge is 2.26. The van der Waals surface area contributed by atoms with Crippen molar-refractivity contribution in [2.24, 2.45) is 0 Å². The van der Waals surface area contributed by atoms with Gasteiger partial charge in [-0.25, -0.2) is 0 Å². The zero-order valence-electron chi connectivity index (χ0n) is 30.2. The van der Waals surface area contributed by atoms with Crippen LogP contribution in [0.5, 0.6) is 0 Å². The quantitative estimate of drug-likeness (QED) is 0.160. The van der Waals surface area contributed by atoms with E-state index in [4.69, 9.17) is 7.85 Å². The molecule has 2 nitrogen and oxygen atoms in total. The Morgan fingerprint density at radius 1 is 0.509 bits per heavy atom. The molecule has 7 aromatic carbocycles. The van der Waals surface area contributed by atoms with Gasteiger partial charge < -0.3 is 9.13 Å². The smallest absolute Gasteiger partial charge is 0.117 e. The molecule has 0 saturated carbocycles. The molecule has 53 heavy (non-hydrogen) atoms. The Kier molecular flexibility index (Phi) is 7.51. The van der Waals surface area contributed by atoms with Crippen LogP contribution in [-0.2, 0) is 12.8 Å². The maximum atomic E-state index is 7.48. The summed E-state index contributed by atoms with van der Waals surface area (Å²) in [7, 11) is 7.48. The molecule has 0 N–H and O–H groups in total. The van der Waals surface area contributed by atoms with Gasteiger partial charge in [-0.1, -0.05) is 127 Å². The molecular formula is C50H39BN2. The maximum absolute atomic E-state index is 7.48. The Balaban J connectivity index is 1.29. The van der Waals surface area contributed by atoms with Crippen molar-refractivity contribution in [2.75, 3.05) is 0 Å². The van der Waals surface area contributed by atoms with E-state index in [1.54, 1.807) is 0 Å². The van der Waals surface area contributed by atoms with Crippen LogP contribution in [0.15, 0.2) is 152 Å². The predicted molar refractivity (Wildman–Crippen MR) is 225 cm³/mol. The minimum Gasteiger partial charge on any atom is -0.313 e. The van der Waals surface area contributed by atoms with Crippen LogP contribution in [0.25, 0.3) is 77.5 Å². The second-order valence-corrected chi connectivity index (χ2v) is 14.6. The van der Waals surface area contributed by atoms with Crippen molar-refractivity contribution >= 4 is 46.0 Å². The van der Waals surface area contributed by atoms with E-state index in [0.29, 0.717) is 0 Å². The fourth-order valence-corrected chi connectivity index (χ4v) is 9.32. The number of hydrogen-bond donors (Lipinski definition) is 0. The van der Waals surface area contributed by atoms with Crippen LogP contribution in [0.2, 0.25) is 0 Å². The van der Waals surface area contributed by atoms with Crippen molar-refractivity contribution in [1.82, 2.24) is 9.13 Å². The minimum absolute atomic E-state index is 0.822. The standard InChI is InChI=1S/C50H39BN2/c1-32-46(36-29-30-45-42(31-36)40-24-13-15-28-44(40)52(45)37-21-10-5-11-22-37)33(2)48(51)50-47(32)41-26-16-25-39(35-19-8-4-9-20-35)49(41)53(50)43-27-14-12-23-38(43)34-17-6-3-7-18-34/h3-12,14,16-23,25-27,29-31H,13,15,24,28H2,1-2H3. The van der Waals surface area contributed by atoms with Gasteiger partial charge in [0.05, 0.1) is 16.7 Å². The largest absolute Gasteiger partial charge is 0.313 e. The number of benzene rings is 7. The van der Waals surface area contributed by atoms with Crippen LogP contribution in [0.1, 0.15) is 35.2 Å². The third-order valence-electron chi connectivity index (χ3n) is 11.7. The van der Waals surface area contributed by atoms with E-state index in [1.807, 2.05) is 0 Å². The Morgan fingerprint density at radius 2 is 1.15 bits per heavy atom. The summed E-state index contributed by atoms with van der Waals surface area (Å²) in [5.41, 5.74) is 19.2. The molecule has 1 aliphatic rings. The zero-order chi connectivity index (χ0) is 35.6. The number of fused-ring (bicyclic) bond motifs is 6. The lowest BCUT2D eigenvalue weighted by atomic mass is 9.81. The first kappa shape index (κ1) is 31.7. The summed E-state index contributed by atoms with van der Waals surface area (Å²) in [4.78, 5) is 0. The van der Waals surface area contributed by atoms with Crippen LogP contribution >= 0.6 is 0 Å². The molecule has 3 heteroatoms. The molecule has 9 aromatic rings. The van der Waals surface area contributed by atoms with Crippen molar-refractivity contribution in [3.8, 4) is 44.8 Å². The third kappa shape index (κ3) is 4.87. The lowest BCUT2D eigenvalue weighted by molar-refractivity contribution is 0.667. The van der Waals surface area contributed by atoms with Gasteiger partial charge in [0.1, 0.15) is 7.85 Å². The molecule has 0 spiro atoms. The Morgan fingerprint density at radius 3 is 1.91 bits per heavy atom. The van der Waals surface area contributed by atoms with Crippen LogP contribution in [0.4, 0.5) is 0 Å². The summed E-state index contributed by atoms with van der Waals surface area (Å²) in [6.45, 7) is 4.52. The molecule has 2 radical (unpaired) electrons. The lowest BCUT2D eigenvalue weighted by Gasteiger charge is -2.20. The van der Waals surface area contributed by atoms with Gasteiger partial charge in [0.15, 0.2) is 0 Å². The first-order chi connectivity index (χ1) is 26.1. The summed E-state index contributed by atoms with van der Waals surface area (Å²) >= 11 is 0. The van der Waals surface area contributed by atoms with Gasteiger partial charge in [0.2, 0.25) is 0 Å². The molecule has 0 amide bonds. The number of para-hydroxylation sites is 3. The first-order valence-corrected chi connectivity index (χ1v) is 18.9. The fourth-order valence-electron chi connectivity index (χ4n) is 9.32. The molecule has 0 atom stereocenters. The van der Waals surface area contributed by atoms with Gasteiger partial charge in [-0.2, -0.15) is 0 Å². The fraction of sp³-hybridized carbons (Fsp3) is 0.120. The van der Waals surface area contributed by atoms with E-state index < -0.39 is 0 Å². The molecule has 0 unspecified atom stereocenters. The van der Waals surface area contributed by atoms with Gasteiger partial charge in [-0.15, -0.1) is 0 Å². The molecule has 0 aliphatic heterocycles. The van der Waals surface area contributed by atoms with Crippen LogP contribution in [-0.4, -0.2) is 17.0 Å². The highest BCUT2D eigenvalue weighted by Crippen LogP contribution is 2.45. The van der Waals surface area contributed by atoms with E-state index >= 15 is 0 Å². The van der Waals surface area contributed by atoms with Crippen LogP contribution < -0.4 is 5.46 Å². The van der Waals surface area contributed by atoms with Crippen LogP contribution in [0, 0.1) is 13.8 Å². The molecule has 0 bridgehead atoms. The number of aryl methyl sites for hydroxylation is 2. The van der Waals surface area contributed by atoms with Crippen molar-refractivity contribution in [3.63, 3.8) is 0 Å². The molecule has 1 aliphatic carbocycles. The predicted octanol–water partition coefficient (Wildman–Crippen LogP) is 12.0. The van der Waals surface area contributed by atoms with Crippen molar-refractivity contribution in [3.05, 3.63) is 174 Å². The highest BCUT2D eigenvalue weighted by molar-refractivity contribution is 6.42. The zero-order valence-corrected chi connectivity index (χ0v) is 30.2. The Bertz CT molecular complexity index is 2840. The average molecular weight is 679 g/mol. The summed E-state index contributed by atoms with van der Waals surface area (Å²) in [5, 5.41) is 3.79. The summed E-state index contributed by atoms with van der Waals surface area (Å²) in [6.07, 6.45) is 4.69. The van der Waals surface area contributed by atoms with E-state index in [2.05, 4.69) is 175 Å². The lowest BCUT2D eigenvalue weighted by Crippen LogP contribution is -2.15. The number of rotatable bonds is 5. The number of aromatic nitrogens is 2. The second-order valence-electron chi connectivity index (χ2n) is 14.6. The van der Waals surface area contributed by atoms with E-state index in [0.717, 1.165) is 35.1 Å². The van der Waals surface area contributed by atoms with E-state index in [-0.39, 0.29) is 0 Å². The molecule has 252 valence electrons. The molecule has 0 saturated heterocycles. The number of nitrogens with zero attached hydrogens (tertiary/aromatic N) is 2. The SMILES string of the molecule is [B]c1c(C)c(-c2ccc3c(c2)c2c(n3-c3ccccc3)CCCC2)c(C)c2c3cccc(-c4ccccc4)c3n(-c3ccccc3-c3ccccc3)c12. The maximum Gasteiger partial charge on any atom is 0.117 e. The second kappa shape index (κ2) is 12.6. The van der Waals surface area contributed by atoms with Gasteiger partial charge >= 0.3 is 0 Å². The average Bonchev–Trinajstić information content (AvgIpc) is 3.75. The van der Waals surface area contributed by atoms with E-state index in [1.165, 1.54) is 95.9 Å². The van der Waals surface area contributed by atoms with Gasteiger partial charge in [-0.3, -0.25) is 0 Å². The summed E-state index contributed by atoms with van der Waals surface area (Å²) in [5.74, 6) is 0. The summed E-state index contributed by atoms with van der Waals surface area (Å²) < 4.78 is 4.96. The molecule has 2 heterocycles. The normalized spacial score (nSPS) is 12.9. The Labute approximate surface area is 312 Å². The Hall–Kier alpha value is -6.06. The first-order valence-electron chi connectivity index (χ1n) is 18.9. The third-order valence-corrected chi connectivity index (χ3v) is 11.7. The summed E-state index contributed by atoms with van der Waals surface area (Å²) in [6, 6.07) is 55.0. The van der Waals surface area contributed by atoms with Crippen molar-refractivity contribution in [2.45, 2.75) is 39.5 Å². The number of hydrogen-bond acceptors (Lipinski definition) is 0. The molecule has 2 aromatic heterocycles. The van der Waals surface area contributed by atoms with Gasteiger partial charge in [0, 0.05) is 44.2 Å². The molecule has 10 rings (SSSR count). The monoisotopic (exact) mass is 678 g/mol. The topological polar surface area (TPSA) is 9.86 Å². The van der Waals surface area contributed by atoms with Gasteiger partial charge in [-0.05, 0) is 109 Å². The van der Waals surface area contributed by atoms with E-state index in [9.17, 15) is 0 Å². The molecule has 0 fully saturated rings. The highest BCUT2D eigenvalue weighted by atomic mass is 15.0.